The standard InChI is InChI=1S/C44H74O19/c1-18(15-57-40-37(54)34(51)32(49)28(14-45)61-40)7-10-44(56)19(2)30-27(63-44)12-23-21-6-5-20-11-26(24(46)13-43(20,4)22(21)8-9-42(23,30)3)60-41-38(55)35(52)33(50)29(62-41)17-59-39-36(53)31(48)25(47)16-58-39/h18-41,45-56H,5-17H2,1-4H3/t18-,19+,20+,21-,22+,23+,24-,25-,26-,27+,28-,29-,30+,31+,32-,33-,34+,35+,36-,37-,38-,39+,40-,41-,42+,43+,44-/m1/s1. The molecule has 63 heavy (non-hydrogen) atoms. The SMILES string of the molecule is C[C@H](CC[C@@]1(O)O[C@H]2C[C@H]3[C@@H]4CC[C@H]5C[C@@H](O[C@@H]6O[C@H](CO[C@@H]7OC[C@@H](O)[C@H](O)[C@H]7O)[C@@H](O)[C@H](O)[C@H]6O)[C@H](O)C[C@]5(C)[C@H]4CC[C@]3(C)[C@H]2[C@@H]1C)CO[C@@H]1O[C@H](CO)[C@@H](O)[C@H](O)[C@H]1O. The molecule has 8 aliphatic rings. The number of hydrogen-bond donors (Lipinski definition) is 12. The van der Waals surface area contributed by atoms with Gasteiger partial charge in [-0.05, 0) is 97.7 Å². The Morgan fingerprint density at radius 3 is 2.08 bits per heavy atom. The van der Waals surface area contributed by atoms with Gasteiger partial charge in [-0.3, -0.25) is 0 Å². The number of aliphatic hydroxyl groups excluding tert-OH is 11. The number of hydrogen-bond acceptors (Lipinski definition) is 19. The molecular formula is C44H74O19. The van der Waals surface area contributed by atoms with E-state index in [0.29, 0.717) is 43.4 Å². The molecule has 0 amide bonds. The Hall–Kier alpha value is -0.760. The average molecular weight is 907 g/mol. The van der Waals surface area contributed by atoms with E-state index in [1.54, 1.807) is 0 Å². The van der Waals surface area contributed by atoms with Crippen LogP contribution in [0.2, 0.25) is 0 Å². The zero-order valence-corrected chi connectivity index (χ0v) is 36.8. The third-order valence-electron chi connectivity index (χ3n) is 17.6. The van der Waals surface area contributed by atoms with Gasteiger partial charge in [0.15, 0.2) is 24.7 Å². The van der Waals surface area contributed by atoms with Crippen LogP contribution in [0.3, 0.4) is 0 Å². The van der Waals surface area contributed by atoms with Crippen molar-refractivity contribution in [3.8, 4) is 0 Å². The first-order valence-electron chi connectivity index (χ1n) is 23.3. The fraction of sp³-hybridized carbons (Fsp3) is 1.00. The van der Waals surface area contributed by atoms with Crippen molar-refractivity contribution in [1.29, 1.82) is 0 Å². The molecule has 0 spiro atoms. The molecular weight excluding hydrogens is 832 g/mol. The summed E-state index contributed by atoms with van der Waals surface area (Å²) in [7, 11) is 0. The number of rotatable bonds is 12. The van der Waals surface area contributed by atoms with Gasteiger partial charge in [0.25, 0.3) is 0 Å². The Kier molecular flexibility index (Phi) is 14.4. The maximum absolute atomic E-state index is 12.0. The van der Waals surface area contributed by atoms with Crippen molar-refractivity contribution >= 4 is 0 Å². The highest BCUT2D eigenvalue weighted by molar-refractivity contribution is 5.15. The Morgan fingerprint density at radius 1 is 0.698 bits per heavy atom. The molecule has 19 nitrogen and oxygen atoms in total. The van der Waals surface area contributed by atoms with E-state index >= 15 is 0 Å². The summed E-state index contributed by atoms with van der Waals surface area (Å²) < 4.78 is 40.9. The second-order valence-electron chi connectivity index (χ2n) is 21.2. The van der Waals surface area contributed by atoms with E-state index in [1.165, 1.54) is 0 Å². The lowest BCUT2D eigenvalue weighted by Crippen LogP contribution is -2.62. The first-order chi connectivity index (χ1) is 29.7. The topological polar surface area (TPSA) is 307 Å². The van der Waals surface area contributed by atoms with Crippen LogP contribution in [0, 0.1) is 52.3 Å². The molecule has 12 N–H and O–H groups in total. The van der Waals surface area contributed by atoms with Crippen LogP contribution in [0.25, 0.3) is 0 Å². The van der Waals surface area contributed by atoms with Gasteiger partial charge in [0, 0.05) is 12.3 Å². The molecule has 19 heteroatoms. The van der Waals surface area contributed by atoms with Crippen molar-refractivity contribution in [2.24, 2.45) is 52.3 Å². The molecule has 0 aromatic heterocycles. The smallest absolute Gasteiger partial charge is 0.187 e. The molecule has 0 unspecified atom stereocenters. The van der Waals surface area contributed by atoms with E-state index in [-0.39, 0.29) is 53.8 Å². The average Bonchev–Trinajstić information content (AvgIpc) is 3.69. The molecule has 8 fully saturated rings. The second kappa shape index (κ2) is 18.6. The van der Waals surface area contributed by atoms with Gasteiger partial charge in [0.2, 0.25) is 0 Å². The normalized spacial score (nSPS) is 56.3. The minimum absolute atomic E-state index is 0.0436. The predicted octanol–water partition coefficient (Wildman–Crippen LogP) is -2.17. The summed E-state index contributed by atoms with van der Waals surface area (Å²) in [6.45, 7) is 7.67. The van der Waals surface area contributed by atoms with E-state index < -0.39 is 117 Å². The van der Waals surface area contributed by atoms with E-state index in [9.17, 15) is 61.3 Å². The summed E-state index contributed by atoms with van der Waals surface area (Å²) in [4.78, 5) is 0. The zero-order valence-electron chi connectivity index (χ0n) is 36.8. The van der Waals surface area contributed by atoms with Crippen LogP contribution in [0.15, 0.2) is 0 Å². The highest BCUT2D eigenvalue weighted by atomic mass is 16.7. The lowest BCUT2D eigenvalue weighted by molar-refractivity contribution is -0.336. The first-order valence-corrected chi connectivity index (χ1v) is 23.3. The van der Waals surface area contributed by atoms with Crippen LogP contribution >= 0.6 is 0 Å². The third kappa shape index (κ3) is 8.69. The molecule has 4 saturated carbocycles. The van der Waals surface area contributed by atoms with Crippen molar-refractivity contribution < 1.29 is 94.4 Å². The van der Waals surface area contributed by atoms with Crippen LogP contribution < -0.4 is 0 Å². The Morgan fingerprint density at radius 2 is 1.37 bits per heavy atom. The molecule has 0 radical (unpaired) electrons. The third-order valence-corrected chi connectivity index (χ3v) is 17.6. The quantitative estimate of drug-likeness (QED) is 0.0928. The molecule has 0 bridgehead atoms. The number of fused-ring (bicyclic) bond motifs is 7. The molecule has 27 atom stereocenters. The molecule has 4 aliphatic heterocycles. The molecule has 0 aromatic carbocycles. The Labute approximate surface area is 368 Å². The fourth-order valence-electron chi connectivity index (χ4n) is 13.8. The zero-order chi connectivity index (χ0) is 45.5. The van der Waals surface area contributed by atoms with Crippen LogP contribution in [0.5, 0.6) is 0 Å². The van der Waals surface area contributed by atoms with Crippen LogP contribution in [0.1, 0.15) is 85.5 Å². The summed E-state index contributed by atoms with van der Waals surface area (Å²) in [5.41, 5.74) is -0.225. The second-order valence-corrected chi connectivity index (χ2v) is 21.2. The fourth-order valence-corrected chi connectivity index (χ4v) is 13.8. The predicted molar refractivity (Wildman–Crippen MR) is 214 cm³/mol. The van der Waals surface area contributed by atoms with Crippen LogP contribution in [-0.2, 0) is 33.2 Å². The van der Waals surface area contributed by atoms with Gasteiger partial charge < -0.3 is 94.4 Å². The van der Waals surface area contributed by atoms with Gasteiger partial charge in [0.1, 0.15) is 67.1 Å². The van der Waals surface area contributed by atoms with E-state index in [0.717, 1.165) is 32.1 Å². The number of ether oxygens (including phenoxy) is 7. The summed E-state index contributed by atoms with van der Waals surface area (Å²) in [5.74, 6) is 0.0396. The molecule has 4 saturated heterocycles. The van der Waals surface area contributed by atoms with Crippen molar-refractivity contribution in [2.45, 2.75) is 196 Å². The lowest BCUT2D eigenvalue weighted by atomic mass is 9.44. The van der Waals surface area contributed by atoms with Crippen molar-refractivity contribution in [2.75, 3.05) is 26.4 Å². The highest BCUT2D eigenvalue weighted by Gasteiger charge is 2.69. The molecule has 4 aliphatic carbocycles. The van der Waals surface area contributed by atoms with Crippen molar-refractivity contribution in [3.05, 3.63) is 0 Å². The van der Waals surface area contributed by atoms with Crippen molar-refractivity contribution in [3.63, 3.8) is 0 Å². The minimum atomic E-state index is -1.66. The van der Waals surface area contributed by atoms with Gasteiger partial charge in [0.05, 0.1) is 44.7 Å². The van der Waals surface area contributed by atoms with Crippen LogP contribution in [-0.4, -0.2) is 198 Å². The molecule has 0 aromatic rings. The van der Waals surface area contributed by atoms with Gasteiger partial charge in [-0.1, -0.05) is 27.7 Å². The molecule has 8 rings (SSSR count). The van der Waals surface area contributed by atoms with E-state index in [1.807, 2.05) is 6.92 Å². The summed E-state index contributed by atoms with van der Waals surface area (Å²) in [6, 6.07) is 0. The van der Waals surface area contributed by atoms with Gasteiger partial charge in [-0.25, -0.2) is 0 Å². The van der Waals surface area contributed by atoms with E-state index in [4.69, 9.17) is 33.2 Å². The van der Waals surface area contributed by atoms with Gasteiger partial charge in [-0.15, -0.1) is 0 Å². The maximum atomic E-state index is 12.0. The monoisotopic (exact) mass is 906 g/mol. The highest BCUT2D eigenvalue weighted by Crippen LogP contribution is 2.71. The summed E-state index contributed by atoms with van der Waals surface area (Å²) >= 11 is 0. The van der Waals surface area contributed by atoms with Crippen LogP contribution in [0.4, 0.5) is 0 Å². The lowest BCUT2D eigenvalue weighted by Gasteiger charge is -2.62. The van der Waals surface area contributed by atoms with Crippen molar-refractivity contribution in [1.82, 2.24) is 0 Å². The summed E-state index contributed by atoms with van der Waals surface area (Å²) in [5, 5.41) is 126. The maximum Gasteiger partial charge on any atom is 0.187 e. The Bertz CT molecular complexity index is 1550. The molecule has 4 heterocycles. The van der Waals surface area contributed by atoms with E-state index in [2.05, 4.69) is 20.8 Å². The van der Waals surface area contributed by atoms with Gasteiger partial charge >= 0.3 is 0 Å². The minimum Gasteiger partial charge on any atom is -0.394 e. The van der Waals surface area contributed by atoms with Gasteiger partial charge in [-0.2, -0.15) is 0 Å². The first kappa shape index (κ1) is 48.7. The largest absolute Gasteiger partial charge is 0.394 e. The summed E-state index contributed by atoms with van der Waals surface area (Å²) in [6.07, 6.45) is -14.9. The molecule has 364 valence electrons. The Balaban J connectivity index is 0.848. The number of aliphatic hydroxyl groups is 12.